The normalized spacial score (nSPS) is 22.9. The quantitative estimate of drug-likeness (QED) is 0.569. The topological polar surface area (TPSA) is 106 Å². The van der Waals surface area contributed by atoms with Crippen LogP contribution in [0.5, 0.6) is 11.5 Å². The number of hydrogen-bond acceptors (Lipinski definition) is 7. The number of carbonyl (C=O) groups excluding carboxylic acids is 1. The minimum Gasteiger partial charge on any atom is -0.497 e. The number of likely N-dealkylation sites (N-methyl/N-ethyl adjacent to an activating group) is 1. The van der Waals surface area contributed by atoms with Gasteiger partial charge in [0.25, 0.3) is 0 Å². The molecule has 1 fully saturated rings. The molecule has 0 aliphatic carbocycles. The van der Waals surface area contributed by atoms with Gasteiger partial charge in [-0.3, -0.25) is 4.79 Å². The number of hydrogen-bond donors (Lipinski definition) is 1. The second-order valence-electron chi connectivity index (χ2n) is 10.2. The number of aliphatic hydroxyl groups excluding tert-OH is 1. The van der Waals surface area contributed by atoms with Gasteiger partial charge in [0.1, 0.15) is 22.5 Å². The molecule has 2 aromatic carbocycles. The smallest absolute Gasteiger partial charge is 0.247 e. The monoisotopic (exact) mass is 546 g/mol. The summed E-state index contributed by atoms with van der Waals surface area (Å²) in [5.41, 5.74) is 1.63. The van der Waals surface area contributed by atoms with Gasteiger partial charge in [0.2, 0.25) is 15.9 Å². The molecule has 1 N–H and O–H groups in total. The van der Waals surface area contributed by atoms with Gasteiger partial charge in [0.05, 0.1) is 20.3 Å². The summed E-state index contributed by atoms with van der Waals surface area (Å²) in [7, 11) is -0.592. The van der Waals surface area contributed by atoms with E-state index in [1.54, 1.807) is 44.2 Å². The maximum absolute atomic E-state index is 13.8. The van der Waals surface area contributed by atoms with Crippen LogP contribution >= 0.6 is 0 Å². The molecule has 38 heavy (non-hydrogen) atoms. The van der Waals surface area contributed by atoms with Gasteiger partial charge in [-0.25, -0.2) is 8.42 Å². The van der Waals surface area contributed by atoms with Crippen molar-refractivity contribution < 1.29 is 32.5 Å². The summed E-state index contributed by atoms with van der Waals surface area (Å²) in [6, 6.07) is 11.9. The van der Waals surface area contributed by atoms with E-state index >= 15 is 0 Å². The Morgan fingerprint density at radius 1 is 1.18 bits per heavy atom. The highest BCUT2D eigenvalue weighted by molar-refractivity contribution is 7.89. The summed E-state index contributed by atoms with van der Waals surface area (Å²) in [6.07, 6.45) is 0.917. The largest absolute Gasteiger partial charge is 0.497 e. The first-order chi connectivity index (χ1) is 18.1. The molecule has 4 rings (SSSR count). The van der Waals surface area contributed by atoms with Gasteiger partial charge in [-0.1, -0.05) is 25.1 Å². The standard InChI is InChI=1S/C28H38N2O7S/c1-19-16-30(20(2)18-31)38(33,34)27-9-8-23(22-6-5-7-24(14-22)35-4)15-25(27)37-26(19)17-29(3)28(32)21-10-12-36-13-11-21/h5-9,14-15,19-21,26,31H,10-13,16-18H2,1-4H3/t19-,20-,26+/m1/s1. The van der Waals surface area contributed by atoms with E-state index in [0.29, 0.717) is 38.3 Å². The highest BCUT2D eigenvalue weighted by Crippen LogP contribution is 2.37. The van der Waals surface area contributed by atoms with E-state index in [9.17, 15) is 18.3 Å². The van der Waals surface area contributed by atoms with Gasteiger partial charge in [-0.15, -0.1) is 0 Å². The average Bonchev–Trinajstić information content (AvgIpc) is 2.94. The van der Waals surface area contributed by atoms with Crippen molar-refractivity contribution in [1.29, 1.82) is 0 Å². The van der Waals surface area contributed by atoms with Crippen molar-refractivity contribution in [3.8, 4) is 22.6 Å². The Balaban J connectivity index is 1.72. The Bertz CT molecular complexity index is 1230. The predicted molar refractivity (Wildman–Crippen MR) is 144 cm³/mol. The van der Waals surface area contributed by atoms with Crippen molar-refractivity contribution >= 4 is 15.9 Å². The third-order valence-corrected chi connectivity index (χ3v) is 9.49. The van der Waals surface area contributed by atoms with Crippen LogP contribution in [0.1, 0.15) is 26.7 Å². The molecule has 0 unspecified atom stereocenters. The number of sulfonamides is 1. The molecular formula is C28H38N2O7S. The first-order valence-corrected chi connectivity index (χ1v) is 14.5. The highest BCUT2D eigenvalue weighted by Gasteiger charge is 2.39. The van der Waals surface area contributed by atoms with Crippen LogP contribution in [0, 0.1) is 11.8 Å². The van der Waals surface area contributed by atoms with Gasteiger partial charge in [0, 0.05) is 44.7 Å². The number of nitrogens with zero attached hydrogens (tertiary/aromatic N) is 2. The lowest BCUT2D eigenvalue weighted by molar-refractivity contribution is -0.138. The fraction of sp³-hybridized carbons (Fsp3) is 0.536. The van der Waals surface area contributed by atoms with Crippen molar-refractivity contribution in [2.24, 2.45) is 11.8 Å². The lowest BCUT2D eigenvalue weighted by Gasteiger charge is -2.38. The Labute approximate surface area is 225 Å². The molecule has 2 aliphatic rings. The van der Waals surface area contributed by atoms with Crippen LogP contribution < -0.4 is 9.47 Å². The number of methoxy groups -OCH3 is 1. The van der Waals surface area contributed by atoms with E-state index in [1.165, 1.54) is 4.31 Å². The van der Waals surface area contributed by atoms with Crippen LogP contribution in [-0.4, -0.2) is 87.9 Å². The van der Waals surface area contributed by atoms with Crippen molar-refractivity contribution in [2.45, 2.75) is 43.7 Å². The second kappa shape index (κ2) is 12.0. The summed E-state index contributed by atoms with van der Waals surface area (Å²) in [6.45, 7) is 4.91. The van der Waals surface area contributed by atoms with Crippen LogP contribution in [0.4, 0.5) is 0 Å². The lowest BCUT2D eigenvalue weighted by atomic mass is 9.97. The maximum atomic E-state index is 13.8. The highest BCUT2D eigenvalue weighted by atomic mass is 32.2. The van der Waals surface area contributed by atoms with Gasteiger partial charge in [0.15, 0.2) is 0 Å². The summed E-state index contributed by atoms with van der Waals surface area (Å²) in [5.74, 6) is 0.618. The molecule has 2 aliphatic heterocycles. The first kappa shape index (κ1) is 28.4. The number of carbonyl (C=O) groups is 1. The van der Waals surface area contributed by atoms with E-state index < -0.39 is 22.2 Å². The molecule has 9 nitrogen and oxygen atoms in total. The molecule has 2 heterocycles. The molecule has 2 aromatic rings. The molecule has 3 atom stereocenters. The van der Waals surface area contributed by atoms with Crippen molar-refractivity contribution in [3.05, 3.63) is 42.5 Å². The van der Waals surface area contributed by atoms with Gasteiger partial charge in [-0.2, -0.15) is 4.31 Å². The molecule has 208 valence electrons. The number of benzene rings is 2. The number of aliphatic hydroxyl groups is 1. The first-order valence-electron chi connectivity index (χ1n) is 13.1. The van der Waals surface area contributed by atoms with Crippen LogP contribution in [-0.2, 0) is 19.6 Å². The number of ether oxygens (including phenoxy) is 3. The zero-order chi connectivity index (χ0) is 27.4. The van der Waals surface area contributed by atoms with E-state index in [-0.39, 0.29) is 41.5 Å². The van der Waals surface area contributed by atoms with Crippen LogP contribution in [0.3, 0.4) is 0 Å². The Hall–Kier alpha value is -2.66. The van der Waals surface area contributed by atoms with E-state index in [0.717, 1.165) is 11.1 Å². The fourth-order valence-electron chi connectivity index (χ4n) is 5.04. The summed E-state index contributed by atoms with van der Waals surface area (Å²) in [5, 5.41) is 9.87. The average molecular weight is 547 g/mol. The SMILES string of the molecule is COc1cccc(-c2ccc3c(c2)O[C@@H](CN(C)C(=O)C2CCOCC2)[C@H](C)CN([C@H](C)CO)S3(=O)=O)c1. The summed E-state index contributed by atoms with van der Waals surface area (Å²) >= 11 is 0. The Morgan fingerprint density at radius 2 is 1.89 bits per heavy atom. The van der Waals surface area contributed by atoms with Crippen molar-refractivity contribution in [3.63, 3.8) is 0 Å². The number of rotatable bonds is 7. The molecule has 10 heteroatoms. The third kappa shape index (κ3) is 5.98. The van der Waals surface area contributed by atoms with Gasteiger partial charge >= 0.3 is 0 Å². The van der Waals surface area contributed by atoms with Gasteiger partial charge < -0.3 is 24.2 Å². The third-order valence-electron chi connectivity index (χ3n) is 7.47. The molecule has 0 radical (unpaired) electrons. The minimum atomic E-state index is -3.95. The zero-order valence-electron chi connectivity index (χ0n) is 22.5. The van der Waals surface area contributed by atoms with E-state index in [1.807, 2.05) is 31.2 Å². The van der Waals surface area contributed by atoms with Gasteiger partial charge in [-0.05, 0) is 55.2 Å². The Morgan fingerprint density at radius 3 is 2.58 bits per heavy atom. The predicted octanol–water partition coefficient (Wildman–Crippen LogP) is 3.02. The number of amides is 1. The lowest BCUT2D eigenvalue weighted by Crippen LogP contribution is -2.50. The van der Waals surface area contributed by atoms with Crippen molar-refractivity contribution in [1.82, 2.24) is 9.21 Å². The summed E-state index contributed by atoms with van der Waals surface area (Å²) in [4.78, 5) is 14.9. The summed E-state index contributed by atoms with van der Waals surface area (Å²) < 4.78 is 46.1. The molecular weight excluding hydrogens is 508 g/mol. The van der Waals surface area contributed by atoms with Crippen molar-refractivity contribution in [2.75, 3.05) is 47.1 Å². The molecule has 0 bridgehead atoms. The Kier molecular flexibility index (Phi) is 8.97. The molecule has 0 aromatic heterocycles. The maximum Gasteiger partial charge on any atom is 0.247 e. The molecule has 0 saturated carbocycles. The molecule has 0 spiro atoms. The fourth-order valence-corrected chi connectivity index (χ4v) is 6.87. The molecule has 1 amide bonds. The van der Waals surface area contributed by atoms with Crippen LogP contribution in [0.25, 0.3) is 11.1 Å². The minimum absolute atomic E-state index is 0.0414. The zero-order valence-corrected chi connectivity index (χ0v) is 23.3. The van der Waals surface area contributed by atoms with Crippen LogP contribution in [0.2, 0.25) is 0 Å². The van der Waals surface area contributed by atoms with E-state index in [4.69, 9.17) is 14.2 Å². The number of fused-ring (bicyclic) bond motifs is 1. The van der Waals surface area contributed by atoms with E-state index in [2.05, 4.69) is 0 Å². The van der Waals surface area contributed by atoms with Crippen LogP contribution in [0.15, 0.2) is 47.4 Å². The molecule has 1 saturated heterocycles. The second-order valence-corrected chi connectivity index (χ2v) is 12.1.